The molecule has 0 radical (unpaired) electrons. The smallest absolute Gasteiger partial charge is 0.0372 e. The standard InChI is InChI=1S/C14H22N2/c1-11-5-3-6-13(12(11)2)16-10-14(9-15)7-4-8-14/h3,5-6,16H,4,7-10,15H2,1-2H3. The van der Waals surface area contributed by atoms with E-state index >= 15 is 0 Å². The summed E-state index contributed by atoms with van der Waals surface area (Å²) in [4.78, 5) is 0. The van der Waals surface area contributed by atoms with Crippen molar-refractivity contribution in [3.8, 4) is 0 Å². The van der Waals surface area contributed by atoms with Gasteiger partial charge in [-0.05, 0) is 55.8 Å². The lowest BCUT2D eigenvalue weighted by Gasteiger charge is -2.41. The predicted molar refractivity (Wildman–Crippen MR) is 69.7 cm³/mol. The minimum Gasteiger partial charge on any atom is -0.384 e. The van der Waals surface area contributed by atoms with Gasteiger partial charge < -0.3 is 11.1 Å². The van der Waals surface area contributed by atoms with Gasteiger partial charge in [-0.2, -0.15) is 0 Å². The number of hydrogen-bond acceptors (Lipinski definition) is 2. The molecule has 0 spiro atoms. The molecule has 1 aromatic rings. The van der Waals surface area contributed by atoms with Crippen LogP contribution < -0.4 is 11.1 Å². The van der Waals surface area contributed by atoms with Crippen molar-refractivity contribution < 1.29 is 0 Å². The molecule has 0 heterocycles. The van der Waals surface area contributed by atoms with Crippen LogP contribution in [0.4, 0.5) is 5.69 Å². The third-order valence-electron chi connectivity index (χ3n) is 4.11. The predicted octanol–water partition coefficient (Wildman–Crippen LogP) is 2.84. The van der Waals surface area contributed by atoms with Crippen LogP contribution in [0.5, 0.6) is 0 Å². The number of nitrogens with one attached hydrogen (secondary N) is 1. The van der Waals surface area contributed by atoms with Crippen LogP contribution in [-0.4, -0.2) is 13.1 Å². The second kappa shape index (κ2) is 4.46. The molecule has 3 N–H and O–H groups in total. The SMILES string of the molecule is Cc1cccc(NCC2(CN)CCC2)c1C. The second-order valence-electron chi connectivity index (χ2n) is 5.16. The van der Waals surface area contributed by atoms with Gasteiger partial charge in [0.15, 0.2) is 0 Å². The quantitative estimate of drug-likeness (QED) is 0.815. The number of benzene rings is 1. The van der Waals surface area contributed by atoms with E-state index in [1.54, 1.807) is 0 Å². The van der Waals surface area contributed by atoms with E-state index in [0.717, 1.165) is 13.1 Å². The first-order valence-corrected chi connectivity index (χ1v) is 6.17. The summed E-state index contributed by atoms with van der Waals surface area (Å²) >= 11 is 0. The Kier molecular flexibility index (Phi) is 3.20. The zero-order valence-corrected chi connectivity index (χ0v) is 10.3. The Labute approximate surface area is 98.2 Å². The lowest BCUT2D eigenvalue weighted by atomic mass is 9.69. The molecule has 0 bridgehead atoms. The Hall–Kier alpha value is -1.02. The van der Waals surface area contributed by atoms with Gasteiger partial charge in [0.05, 0.1) is 0 Å². The van der Waals surface area contributed by atoms with E-state index in [-0.39, 0.29) is 0 Å². The molecule has 0 aromatic heterocycles. The summed E-state index contributed by atoms with van der Waals surface area (Å²) in [5.74, 6) is 0. The summed E-state index contributed by atoms with van der Waals surface area (Å²) in [6.45, 7) is 6.16. The summed E-state index contributed by atoms with van der Waals surface area (Å²) in [6.07, 6.45) is 3.90. The molecule has 0 aliphatic heterocycles. The van der Waals surface area contributed by atoms with Crippen molar-refractivity contribution in [2.45, 2.75) is 33.1 Å². The summed E-state index contributed by atoms with van der Waals surface area (Å²) in [5, 5.41) is 3.57. The molecule has 1 aliphatic carbocycles. The van der Waals surface area contributed by atoms with Gasteiger partial charge in [0.25, 0.3) is 0 Å². The highest BCUT2D eigenvalue weighted by Gasteiger charge is 2.35. The van der Waals surface area contributed by atoms with Crippen molar-refractivity contribution in [1.29, 1.82) is 0 Å². The van der Waals surface area contributed by atoms with Crippen LogP contribution in [-0.2, 0) is 0 Å². The fraction of sp³-hybridized carbons (Fsp3) is 0.571. The van der Waals surface area contributed by atoms with Gasteiger partial charge in [0.1, 0.15) is 0 Å². The topological polar surface area (TPSA) is 38.0 Å². The number of nitrogens with two attached hydrogens (primary N) is 1. The molecule has 1 saturated carbocycles. The van der Waals surface area contributed by atoms with E-state index in [4.69, 9.17) is 5.73 Å². The van der Waals surface area contributed by atoms with E-state index in [2.05, 4.69) is 37.4 Å². The lowest BCUT2D eigenvalue weighted by molar-refractivity contribution is 0.163. The first kappa shape index (κ1) is 11.5. The molecule has 1 aromatic carbocycles. The van der Waals surface area contributed by atoms with Crippen molar-refractivity contribution in [3.05, 3.63) is 29.3 Å². The zero-order chi connectivity index (χ0) is 11.6. The molecule has 0 atom stereocenters. The highest BCUT2D eigenvalue weighted by molar-refractivity contribution is 5.53. The average molecular weight is 218 g/mol. The van der Waals surface area contributed by atoms with Crippen LogP contribution in [0.15, 0.2) is 18.2 Å². The monoisotopic (exact) mass is 218 g/mol. The molecule has 2 rings (SSSR count). The average Bonchev–Trinajstić information content (AvgIpc) is 2.23. The summed E-state index contributed by atoms with van der Waals surface area (Å²) < 4.78 is 0. The van der Waals surface area contributed by atoms with Gasteiger partial charge in [-0.3, -0.25) is 0 Å². The highest BCUT2D eigenvalue weighted by atomic mass is 14.9. The van der Waals surface area contributed by atoms with E-state index < -0.39 is 0 Å². The van der Waals surface area contributed by atoms with Crippen molar-refractivity contribution in [2.24, 2.45) is 11.1 Å². The highest BCUT2D eigenvalue weighted by Crippen LogP contribution is 2.40. The lowest BCUT2D eigenvalue weighted by Crippen LogP contribution is -2.43. The Morgan fingerprint density at radius 1 is 1.31 bits per heavy atom. The van der Waals surface area contributed by atoms with Gasteiger partial charge in [-0.25, -0.2) is 0 Å². The molecular formula is C14H22N2. The molecular weight excluding hydrogens is 196 g/mol. The van der Waals surface area contributed by atoms with Crippen molar-refractivity contribution in [1.82, 2.24) is 0 Å². The minimum atomic E-state index is 0.371. The van der Waals surface area contributed by atoms with Gasteiger partial charge >= 0.3 is 0 Å². The number of anilines is 1. The summed E-state index contributed by atoms with van der Waals surface area (Å²) in [7, 11) is 0. The number of aryl methyl sites for hydroxylation is 1. The molecule has 2 heteroatoms. The molecule has 0 amide bonds. The molecule has 88 valence electrons. The minimum absolute atomic E-state index is 0.371. The maximum Gasteiger partial charge on any atom is 0.0372 e. The Bertz CT molecular complexity index is 361. The van der Waals surface area contributed by atoms with E-state index in [9.17, 15) is 0 Å². The number of rotatable bonds is 4. The molecule has 0 unspecified atom stereocenters. The van der Waals surface area contributed by atoms with Gasteiger partial charge in [0, 0.05) is 12.2 Å². The van der Waals surface area contributed by atoms with Crippen LogP contribution in [0.2, 0.25) is 0 Å². The maximum absolute atomic E-state index is 5.86. The van der Waals surface area contributed by atoms with E-state index in [1.807, 2.05) is 0 Å². The largest absolute Gasteiger partial charge is 0.384 e. The maximum atomic E-state index is 5.86. The Morgan fingerprint density at radius 2 is 2.06 bits per heavy atom. The van der Waals surface area contributed by atoms with Gasteiger partial charge in [0.2, 0.25) is 0 Å². The molecule has 2 nitrogen and oxygen atoms in total. The summed E-state index contributed by atoms with van der Waals surface area (Å²) in [6, 6.07) is 6.42. The molecule has 1 fully saturated rings. The van der Waals surface area contributed by atoms with Crippen LogP contribution in [0.25, 0.3) is 0 Å². The van der Waals surface area contributed by atoms with Crippen molar-refractivity contribution in [3.63, 3.8) is 0 Å². The van der Waals surface area contributed by atoms with Crippen LogP contribution in [0, 0.1) is 19.3 Å². The molecule has 1 aliphatic rings. The second-order valence-corrected chi connectivity index (χ2v) is 5.16. The van der Waals surface area contributed by atoms with Gasteiger partial charge in [-0.15, -0.1) is 0 Å². The molecule has 16 heavy (non-hydrogen) atoms. The van der Waals surface area contributed by atoms with Crippen LogP contribution in [0.1, 0.15) is 30.4 Å². The van der Waals surface area contributed by atoms with E-state index in [0.29, 0.717) is 5.41 Å². The van der Waals surface area contributed by atoms with Crippen molar-refractivity contribution >= 4 is 5.69 Å². The fourth-order valence-corrected chi connectivity index (χ4v) is 2.36. The van der Waals surface area contributed by atoms with Crippen molar-refractivity contribution in [2.75, 3.05) is 18.4 Å². The fourth-order valence-electron chi connectivity index (χ4n) is 2.36. The first-order chi connectivity index (χ1) is 7.67. The number of hydrogen-bond donors (Lipinski definition) is 2. The Morgan fingerprint density at radius 3 is 2.62 bits per heavy atom. The van der Waals surface area contributed by atoms with Crippen LogP contribution >= 0.6 is 0 Å². The van der Waals surface area contributed by atoms with Gasteiger partial charge in [-0.1, -0.05) is 18.6 Å². The third-order valence-corrected chi connectivity index (χ3v) is 4.11. The van der Waals surface area contributed by atoms with E-state index in [1.165, 1.54) is 36.1 Å². The normalized spacial score (nSPS) is 17.9. The summed E-state index contributed by atoms with van der Waals surface area (Å²) in [5.41, 5.74) is 10.2. The Balaban J connectivity index is 2.02. The van der Waals surface area contributed by atoms with Crippen LogP contribution in [0.3, 0.4) is 0 Å². The zero-order valence-electron chi connectivity index (χ0n) is 10.3. The molecule has 0 saturated heterocycles. The first-order valence-electron chi connectivity index (χ1n) is 6.17. The third kappa shape index (κ3) is 2.07.